The van der Waals surface area contributed by atoms with Gasteiger partial charge < -0.3 is 15.4 Å². The Balaban J connectivity index is 1.33. The van der Waals surface area contributed by atoms with Crippen LogP contribution in [0.2, 0.25) is 0 Å². The maximum Gasteiger partial charge on any atom is 0.323 e. The summed E-state index contributed by atoms with van der Waals surface area (Å²) in [5.74, 6) is 0.712. The van der Waals surface area contributed by atoms with Crippen molar-refractivity contribution in [2.75, 3.05) is 17.2 Å². The van der Waals surface area contributed by atoms with Gasteiger partial charge in [-0.05, 0) is 30.7 Å². The van der Waals surface area contributed by atoms with Gasteiger partial charge in [-0.15, -0.1) is 0 Å². The lowest BCUT2D eigenvalue weighted by Gasteiger charge is -2.13. The van der Waals surface area contributed by atoms with Crippen molar-refractivity contribution in [2.24, 2.45) is 0 Å². The van der Waals surface area contributed by atoms with Crippen molar-refractivity contribution in [2.45, 2.75) is 97.4 Å². The summed E-state index contributed by atoms with van der Waals surface area (Å²) in [6, 6.07) is 15.3. The van der Waals surface area contributed by atoms with E-state index in [0.717, 1.165) is 24.2 Å². The smallest absolute Gasteiger partial charge is 0.323 e. The van der Waals surface area contributed by atoms with Crippen LogP contribution < -0.4 is 19.9 Å². The standard InChI is InChI=1S/C32H45N3O2S/c1-3-4-5-6-7-8-9-10-11-12-13-16-23-37-31-21-15-14-20-30(31)34-32(36)33-29-19-17-18-28(25-29)26-35-22-24-38-27(35)2/h14-15,17-22,24-25H,3-13,16,23,26H2,1-2H3,(H-,33,34,36)/p+1. The van der Waals surface area contributed by atoms with E-state index in [4.69, 9.17) is 4.74 Å². The molecule has 3 aromatic rings. The van der Waals surface area contributed by atoms with E-state index in [1.165, 1.54) is 75.6 Å². The zero-order valence-electron chi connectivity index (χ0n) is 23.3. The summed E-state index contributed by atoms with van der Waals surface area (Å²) >= 11 is 1.73. The number of carbonyl (C=O) groups excluding carboxylic acids is 1. The Morgan fingerprint density at radius 2 is 1.53 bits per heavy atom. The molecule has 5 nitrogen and oxygen atoms in total. The minimum Gasteiger partial charge on any atom is -0.491 e. The Hall–Kier alpha value is -2.86. The van der Waals surface area contributed by atoms with Crippen molar-refractivity contribution in [1.82, 2.24) is 0 Å². The monoisotopic (exact) mass is 536 g/mol. The topological polar surface area (TPSA) is 54.2 Å². The zero-order chi connectivity index (χ0) is 26.8. The summed E-state index contributed by atoms with van der Waals surface area (Å²) in [5, 5.41) is 9.25. The average Bonchev–Trinajstić information content (AvgIpc) is 3.31. The van der Waals surface area contributed by atoms with Crippen LogP contribution >= 0.6 is 11.3 Å². The number of hydrogen-bond acceptors (Lipinski definition) is 3. The molecule has 0 aliphatic rings. The fourth-order valence-corrected chi connectivity index (χ4v) is 5.25. The number of unbranched alkanes of at least 4 members (excludes halogenated alkanes) is 11. The number of thiazole rings is 1. The maximum atomic E-state index is 12.7. The Morgan fingerprint density at radius 1 is 0.842 bits per heavy atom. The molecule has 0 spiro atoms. The van der Waals surface area contributed by atoms with Gasteiger partial charge in [0.05, 0.1) is 17.7 Å². The van der Waals surface area contributed by atoms with Gasteiger partial charge in [0.2, 0.25) is 5.01 Å². The van der Waals surface area contributed by atoms with Gasteiger partial charge in [-0.3, -0.25) is 0 Å². The third kappa shape index (κ3) is 11.3. The SMILES string of the molecule is CCCCCCCCCCCCCCOc1ccccc1NC(=O)Nc1cccc(C[n+]2ccsc2C)c1. The largest absolute Gasteiger partial charge is 0.491 e. The minimum absolute atomic E-state index is 0.275. The van der Waals surface area contributed by atoms with Crippen molar-refractivity contribution in [3.63, 3.8) is 0 Å². The van der Waals surface area contributed by atoms with E-state index in [-0.39, 0.29) is 6.03 Å². The molecule has 0 aliphatic carbocycles. The van der Waals surface area contributed by atoms with Crippen molar-refractivity contribution in [3.8, 4) is 5.75 Å². The third-order valence-electron chi connectivity index (χ3n) is 6.81. The second kappa shape index (κ2) is 17.6. The normalized spacial score (nSPS) is 10.9. The summed E-state index contributed by atoms with van der Waals surface area (Å²) in [4.78, 5) is 12.7. The van der Waals surface area contributed by atoms with Crippen molar-refractivity contribution < 1.29 is 14.1 Å². The molecule has 2 N–H and O–H groups in total. The summed E-state index contributed by atoms with van der Waals surface area (Å²) in [7, 11) is 0. The number of aromatic nitrogens is 1. The van der Waals surface area contributed by atoms with Crippen LogP contribution in [-0.2, 0) is 6.54 Å². The molecule has 6 heteroatoms. The summed E-state index contributed by atoms with van der Waals surface area (Å²) in [6.45, 7) is 5.83. The second-order valence-corrected chi connectivity index (χ2v) is 11.2. The fraction of sp³-hybridized carbons (Fsp3) is 0.500. The van der Waals surface area contributed by atoms with Gasteiger partial charge >= 0.3 is 6.03 Å². The van der Waals surface area contributed by atoms with Crippen molar-refractivity contribution >= 4 is 28.7 Å². The number of rotatable bonds is 18. The minimum atomic E-state index is -0.275. The first-order valence-electron chi connectivity index (χ1n) is 14.5. The first kappa shape index (κ1) is 29.7. The molecule has 0 saturated carbocycles. The van der Waals surface area contributed by atoms with E-state index in [1.54, 1.807) is 11.3 Å². The lowest BCUT2D eigenvalue weighted by atomic mass is 10.1. The molecule has 0 saturated heterocycles. The molecule has 206 valence electrons. The Morgan fingerprint density at radius 3 is 2.21 bits per heavy atom. The molecule has 0 aliphatic heterocycles. The van der Waals surface area contributed by atoms with E-state index in [2.05, 4.69) is 46.7 Å². The van der Waals surface area contributed by atoms with Crippen LogP contribution in [-0.4, -0.2) is 12.6 Å². The highest BCUT2D eigenvalue weighted by atomic mass is 32.1. The number of para-hydroxylation sites is 2. The average molecular weight is 537 g/mol. The van der Waals surface area contributed by atoms with E-state index >= 15 is 0 Å². The van der Waals surface area contributed by atoms with Crippen LogP contribution in [0.3, 0.4) is 0 Å². The third-order valence-corrected chi connectivity index (χ3v) is 7.65. The van der Waals surface area contributed by atoms with Crippen LogP contribution in [0, 0.1) is 6.92 Å². The molecule has 38 heavy (non-hydrogen) atoms. The van der Waals surface area contributed by atoms with Gasteiger partial charge in [0, 0.05) is 18.2 Å². The molecule has 0 radical (unpaired) electrons. The number of ether oxygens (including phenoxy) is 1. The van der Waals surface area contributed by atoms with E-state index in [1.807, 2.05) is 42.5 Å². The maximum absolute atomic E-state index is 12.7. The van der Waals surface area contributed by atoms with E-state index < -0.39 is 0 Å². The van der Waals surface area contributed by atoms with Gasteiger partial charge in [-0.25, -0.2) is 4.79 Å². The molecule has 0 atom stereocenters. The molecule has 0 fully saturated rings. The Labute approximate surface area is 233 Å². The Kier molecular flexibility index (Phi) is 13.8. The quantitative estimate of drug-likeness (QED) is 0.126. The molecule has 2 amide bonds. The summed E-state index contributed by atoms with van der Waals surface area (Å²) < 4.78 is 8.23. The highest BCUT2D eigenvalue weighted by Crippen LogP contribution is 2.24. The fourth-order valence-electron chi connectivity index (χ4n) is 4.59. The predicted octanol–water partition coefficient (Wildman–Crippen LogP) is 9.12. The first-order valence-corrected chi connectivity index (χ1v) is 15.4. The van der Waals surface area contributed by atoms with E-state index in [0.29, 0.717) is 18.0 Å². The van der Waals surface area contributed by atoms with Gasteiger partial charge in [0.15, 0.2) is 12.7 Å². The number of amides is 2. The van der Waals surface area contributed by atoms with Crippen LogP contribution in [0.5, 0.6) is 5.75 Å². The molecule has 1 heterocycles. The lowest BCUT2D eigenvalue weighted by molar-refractivity contribution is -0.689. The molecule has 0 unspecified atom stereocenters. The number of benzene rings is 2. The van der Waals surface area contributed by atoms with Crippen molar-refractivity contribution in [1.29, 1.82) is 0 Å². The second-order valence-electron chi connectivity index (χ2n) is 10.1. The van der Waals surface area contributed by atoms with Crippen LogP contribution in [0.4, 0.5) is 16.2 Å². The van der Waals surface area contributed by atoms with Crippen LogP contribution in [0.25, 0.3) is 0 Å². The van der Waals surface area contributed by atoms with Gasteiger partial charge in [0.25, 0.3) is 0 Å². The highest BCUT2D eigenvalue weighted by molar-refractivity contribution is 7.09. The number of nitrogens with zero attached hydrogens (tertiary/aromatic N) is 1. The van der Waals surface area contributed by atoms with Crippen LogP contribution in [0.15, 0.2) is 60.1 Å². The molecule has 2 aromatic carbocycles. The van der Waals surface area contributed by atoms with Gasteiger partial charge in [0.1, 0.15) is 5.75 Å². The molecule has 1 aromatic heterocycles. The van der Waals surface area contributed by atoms with Crippen molar-refractivity contribution in [3.05, 3.63) is 70.7 Å². The zero-order valence-corrected chi connectivity index (χ0v) is 24.2. The van der Waals surface area contributed by atoms with E-state index in [9.17, 15) is 4.79 Å². The number of carbonyl (C=O) groups is 1. The number of hydrogen-bond donors (Lipinski definition) is 2. The Bertz CT molecular complexity index is 1080. The first-order chi connectivity index (χ1) is 18.7. The molecular weight excluding hydrogens is 490 g/mol. The van der Waals surface area contributed by atoms with Gasteiger partial charge in [-0.2, -0.15) is 4.57 Å². The number of nitrogens with one attached hydrogen (secondary N) is 2. The predicted molar refractivity (Wildman–Crippen MR) is 160 cm³/mol. The number of anilines is 2. The van der Waals surface area contributed by atoms with Gasteiger partial charge in [-0.1, -0.05) is 113 Å². The number of urea groups is 1. The lowest BCUT2D eigenvalue weighted by Crippen LogP contribution is -2.34. The number of aryl methyl sites for hydroxylation is 1. The molecule has 0 bridgehead atoms. The summed E-state index contributed by atoms with van der Waals surface area (Å²) in [6.07, 6.45) is 17.9. The summed E-state index contributed by atoms with van der Waals surface area (Å²) in [5.41, 5.74) is 2.59. The molecule has 3 rings (SSSR count). The molecular formula is C32H46N3O2S+. The highest BCUT2D eigenvalue weighted by Gasteiger charge is 2.11. The van der Waals surface area contributed by atoms with Crippen LogP contribution in [0.1, 0.15) is 94.5 Å².